The van der Waals surface area contributed by atoms with E-state index in [-0.39, 0.29) is 34.5 Å². The molecule has 0 aromatic carbocycles. The summed E-state index contributed by atoms with van der Waals surface area (Å²) in [4.78, 5) is 0. The molecule has 4 saturated carbocycles. The van der Waals surface area contributed by atoms with Crippen LogP contribution in [0.1, 0.15) is 113 Å². The molecule has 8 rings (SSSR count). The number of allylic oxidation sites excluding steroid dienone is 2. The molecular weight excluding hydrogens is 1020 g/mol. The zero-order chi connectivity index (χ0) is 56.6. The van der Waals surface area contributed by atoms with Gasteiger partial charge < -0.3 is 114 Å². The molecule has 4 saturated heterocycles. The first-order valence-corrected chi connectivity index (χ1v) is 27.9. The maximum absolute atomic E-state index is 12.8. The van der Waals surface area contributed by atoms with Gasteiger partial charge in [0.15, 0.2) is 25.2 Å². The minimum atomic E-state index is -1.82. The summed E-state index contributed by atoms with van der Waals surface area (Å²) in [7, 11) is 0. The van der Waals surface area contributed by atoms with Crippen molar-refractivity contribution in [3.8, 4) is 0 Å². The van der Waals surface area contributed by atoms with Gasteiger partial charge in [-0.1, -0.05) is 46.3 Å². The molecule has 8 fully saturated rings. The Morgan fingerprint density at radius 2 is 1.05 bits per heavy atom. The number of aliphatic hydroxyl groups excluding tert-OH is 15. The molecule has 0 amide bonds. The lowest BCUT2D eigenvalue weighted by molar-refractivity contribution is -0.378. The van der Waals surface area contributed by atoms with E-state index < -0.39 is 178 Å². The summed E-state index contributed by atoms with van der Waals surface area (Å²) < 4.78 is 48.9. The van der Waals surface area contributed by atoms with E-state index in [1.165, 1.54) is 0 Å². The van der Waals surface area contributed by atoms with Crippen molar-refractivity contribution in [1.29, 1.82) is 0 Å². The Kier molecular flexibility index (Phi) is 18.9. The van der Waals surface area contributed by atoms with E-state index in [0.717, 1.165) is 24.8 Å². The third-order valence-electron chi connectivity index (χ3n) is 20.9. The Hall–Kier alpha value is -1.18. The maximum atomic E-state index is 12.8. The number of fused-ring (bicyclic) bond motifs is 5. The van der Waals surface area contributed by atoms with Crippen LogP contribution in [0.5, 0.6) is 0 Å². The van der Waals surface area contributed by atoms with Crippen LogP contribution in [0, 0.1) is 45.3 Å². The minimum absolute atomic E-state index is 0.0374. The van der Waals surface area contributed by atoms with Gasteiger partial charge in [-0.3, -0.25) is 0 Å². The molecule has 0 radical (unpaired) electrons. The SMILES string of the molecule is CC(C)=CCCC(C)(O[C@H]1O[C@H](CO[C@H]2O[C@H](CO)[C@@H](O)[C@H](O)[C@H]2O)[C@@H](O)[C@@H](O)[C@@H]1O)[C@H]1CC[C@]2(C)[C@@H]1[C@H](O)CC1[C@@]3(C)CC[C@H](O[C@H]4O[C@H](CO)[C@@H](O)[C@H](O)[C@H]4O[C@H]4O[C@H](CO)[C@@H](O)[C@H](O)[C@H]4O)C(C)(C)[C@@H]3CC[C@]12C. The molecule has 446 valence electrons. The zero-order valence-corrected chi connectivity index (χ0v) is 45.8. The largest absolute Gasteiger partial charge is 0.394 e. The molecule has 0 spiro atoms. The van der Waals surface area contributed by atoms with Gasteiger partial charge in [0.1, 0.15) is 97.7 Å². The van der Waals surface area contributed by atoms with E-state index in [9.17, 15) is 76.6 Å². The molecule has 23 heteroatoms. The molecule has 8 aliphatic rings. The van der Waals surface area contributed by atoms with Crippen LogP contribution in [-0.4, -0.2) is 244 Å². The highest BCUT2D eigenvalue weighted by molar-refractivity contribution is 5.20. The highest BCUT2D eigenvalue weighted by Gasteiger charge is 2.72. The molecule has 0 aromatic rings. The summed E-state index contributed by atoms with van der Waals surface area (Å²) in [6.45, 7) is 14.6. The molecular formula is C54H92O23. The van der Waals surface area contributed by atoms with Crippen molar-refractivity contribution in [3.63, 3.8) is 0 Å². The van der Waals surface area contributed by atoms with Crippen LogP contribution in [-0.2, 0) is 37.9 Å². The quantitative estimate of drug-likeness (QED) is 0.0576. The van der Waals surface area contributed by atoms with Crippen LogP contribution in [0.15, 0.2) is 11.6 Å². The third-order valence-corrected chi connectivity index (χ3v) is 20.9. The fraction of sp³-hybridized carbons (Fsp3) is 0.963. The predicted molar refractivity (Wildman–Crippen MR) is 266 cm³/mol. The molecule has 4 heterocycles. The van der Waals surface area contributed by atoms with E-state index in [2.05, 4.69) is 40.7 Å². The van der Waals surface area contributed by atoms with Crippen molar-refractivity contribution in [2.24, 2.45) is 45.3 Å². The lowest BCUT2D eigenvalue weighted by Gasteiger charge is -2.71. The van der Waals surface area contributed by atoms with E-state index in [1.54, 1.807) is 0 Å². The van der Waals surface area contributed by atoms with E-state index in [1.807, 2.05) is 20.8 Å². The second kappa shape index (κ2) is 23.5. The molecule has 0 bridgehead atoms. The van der Waals surface area contributed by atoms with Gasteiger partial charge in [0, 0.05) is 0 Å². The van der Waals surface area contributed by atoms with Crippen molar-refractivity contribution in [1.82, 2.24) is 0 Å². The van der Waals surface area contributed by atoms with Gasteiger partial charge in [0.05, 0.1) is 44.2 Å². The second-order valence-electron chi connectivity index (χ2n) is 25.7. The first kappa shape index (κ1) is 61.9. The monoisotopic (exact) mass is 1110 g/mol. The standard InChI is InChI=1S/C54H92O23/c1-23(2)10-9-14-54(8,77-48-44(69)40(65)37(62)29(74-48)22-70-46-42(67)38(63)34(59)26(19-55)71-46)24-11-16-53(7)33(24)25(58)18-31-51(5)15-13-32(50(3,4)30(51)12-17-52(31,53)6)75-49-45(41(66)36(61)28(21-57)73-49)76-47-43(68)39(64)35(60)27(20-56)72-47/h10,24-49,55-69H,9,11-22H2,1-8H3/t24-,25+,26+,27+,28+,29+,30-,31?,32-,33-,34+,35+,36+,37+,38-,39-,40+,41-,42+,43+,44-,45+,46-,47+,48+,49+,51-,52+,53+,54?/m0/s1. The highest BCUT2D eigenvalue weighted by atomic mass is 16.8. The third kappa shape index (κ3) is 10.9. The fourth-order valence-electron chi connectivity index (χ4n) is 16.3. The first-order valence-electron chi connectivity index (χ1n) is 27.9. The summed E-state index contributed by atoms with van der Waals surface area (Å²) in [6, 6.07) is 0. The molecule has 0 aromatic heterocycles. The summed E-state index contributed by atoms with van der Waals surface area (Å²) in [6.07, 6.45) is -25.2. The van der Waals surface area contributed by atoms with Crippen molar-refractivity contribution >= 4 is 0 Å². The predicted octanol–water partition coefficient (Wildman–Crippen LogP) is -2.20. The van der Waals surface area contributed by atoms with Gasteiger partial charge in [-0.05, 0) is 124 Å². The average Bonchev–Trinajstić information content (AvgIpc) is 3.96. The van der Waals surface area contributed by atoms with Gasteiger partial charge in [-0.2, -0.15) is 0 Å². The Morgan fingerprint density at radius 3 is 1.64 bits per heavy atom. The number of aliphatic hydroxyl groups is 15. The van der Waals surface area contributed by atoms with E-state index in [0.29, 0.717) is 38.5 Å². The van der Waals surface area contributed by atoms with Crippen LogP contribution >= 0.6 is 0 Å². The van der Waals surface area contributed by atoms with Gasteiger partial charge >= 0.3 is 0 Å². The topological polar surface area (TPSA) is 377 Å². The van der Waals surface area contributed by atoms with E-state index >= 15 is 0 Å². The van der Waals surface area contributed by atoms with Gasteiger partial charge in [0.2, 0.25) is 0 Å². The van der Waals surface area contributed by atoms with Crippen LogP contribution in [0.4, 0.5) is 0 Å². The normalized spacial score (nSPS) is 52.7. The van der Waals surface area contributed by atoms with Crippen LogP contribution in [0.25, 0.3) is 0 Å². The molecule has 4 aliphatic carbocycles. The maximum Gasteiger partial charge on any atom is 0.187 e. The Morgan fingerprint density at radius 1 is 0.545 bits per heavy atom. The molecule has 23 nitrogen and oxygen atoms in total. The first-order chi connectivity index (χ1) is 36.0. The smallest absolute Gasteiger partial charge is 0.187 e. The number of rotatable bonds is 16. The summed E-state index contributed by atoms with van der Waals surface area (Å²) in [5.74, 6) is -0.475. The fourth-order valence-corrected chi connectivity index (χ4v) is 16.3. The Bertz CT molecular complexity index is 1990. The van der Waals surface area contributed by atoms with Crippen molar-refractivity contribution in [2.75, 3.05) is 26.4 Å². The summed E-state index contributed by atoms with van der Waals surface area (Å²) >= 11 is 0. The minimum Gasteiger partial charge on any atom is -0.394 e. The molecule has 15 N–H and O–H groups in total. The van der Waals surface area contributed by atoms with Gasteiger partial charge in [-0.15, -0.1) is 0 Å². The Labute approximate surface area is 450 Å². The van der Waals surface area contributed by atoms with Crippen LogP contribution in [0.3, 0.4) is 0 Å². The van der Waals surface area contributed by atoms with Crippen molar-refractivity contribution in [3.05, 3.63) is 11.6 Å². The van der Waals surface area contributed by atoms with Crippen LogP contribution < -0.4 is 0 Å². The number of hydrogen-bond acceptors (Lipinski definition) is 23. The molecule has 77 heavy (non-hydrogen) atoms. The summed E-state index contributed by atoms with van der Waals surface area (Å²) in [5.41, 5.74) is -1.59. The van der Waals surface area contributed by atoms with Crippen molar-refractivity contribution in [2.45, 2.75) is 254 Å². The van der Waals surface area contributed by atoms with Gasteiger partial charge in [0.25, 0.3) is 0 Å². The number of hydrogen-bond donors (Lipinski definition) is 15. The highest BCUT2D eigenvalue weighted by Crippen LogP contribution is 2.76. The lowest BCUT2D eigenvalue weighted by atomic mass is 9.35. The van der Waals surface area contributed by atoms with Gasteiger partial charge in [-0.25, -0.2) is 0 Å². The molecule has 2 unspecified atom stereocenters. The molecule has 4 aliphatic heterocycles. The second-order valence-corrected chi connectivity index (χ2v) is 25.7. The lowest BCUT2D eigenvalue weighted by Crippen LogP contribution is -2.68. The molecule has 30 atom stereocenters. The number of ether oxygens (including phenoxy) is 8. The summed E-state index contributed by atoms with van der Waals surface area (Å²) in [5, 5.41) is 162. The average molecular weight is 1110 g/mol. The van der Waals surface area contributed by atoms with Crippen LogP contribution in [0.2, 0.25) is 0 Å². The van der Waals surface area contributed by atoms with E-state index in [4.69, 9.17) is 37.9 Å². The Balaban J connectivity index is 1.01. The van der Waals surface area contributed by atoms with Crippen molar-refractivity contribution < 1.29 is 114 Å². The zero-order valence-electron chi connectivity index (χ0n) is 45.8.